The van der Waals surface area contributed by atoms with E-state index in [4.69, 9.17) is 5.73 Å². The van der Waals surface area contributed by atoms with E-state index in [0.717, 1.165) is 42.1 Å². The van der Waals surface area contributed by atoms with Crippen molar-refractivity contribution in [2.75, 3.05) is 18.9 Å². The van der Waals surface area contributed by atoms with Crippen LogP contribution in [-0.2, 0) is 0 Å². The third kappa shape index (κ3) is 3.13. The first-order chi connectivity index (χ1) is 11.5. The lowest BCUT2D eigenvalue weighted by Crippen LogP contribution is -2.42. The summed E-state index contributed by atoms with van der Waals surface area (Å²) >= 11 is 0. The number of piperidine rings is 1. The van der Waals surface area contributed by atoms with Gasteiger partial charge in [-0.05, 0) is 49.3 Å². The zero-order chi connectivity index (χ0) is 17.3. The highest BCUT2D eigenvalue weighted by molar-refractivity contribution is 6.03. The van der Waals surface area contributed by atoms with E-state index in [9.17, 15) is 4.79 Å². The van der Waals surface area contributed by atoms with Crippen LogP contribution in [0, 0.1) is 18.8 Å². The van der Waals surface area contributed by atoms with Crippen LogP contribution in [0.15, 0.2) is 28.2 Å². The van der Waals surface area contributed by atoms with Crippen molar-refractivity contribution in [3.63, 3.8) is 0 Å². The van der Waals surface area contributed by atoms with Crippen molar-refractivity contribution < 1.29 is 6.22 Å². The number of nitrogens with zero attached hydrogens (tertiary/aromatic N) is 3. The summed E-state index contributed by atoms with van der Waals surface area (Å²) in [5.41, 5.74) is 8.56. The first-order valence-electron chi connectivity index (χ1n) is 8.42. The summed E-state index contributed by atoms with van der Waals surface area (Å²) < 4.78 is 0. The Morgan fingerprint density at radius 2 is 2.25 bits per heavy atom. The summed E-state index contributed by atoms with van der Waals surface area (Å²) in [5.74, 6) is 1.79. The molecular weight excluding hydrogens is 302 g/mol. The first kappa shape index (κ1) is 16.5. The third-order valence-corrected chi connectivity index (χ3v) is 5.23. The van der Waals surface area contributed by atoms with E-state index < -0.39 is 0 Å². The molecule has 1 heterocycles. The average molecular weight is 329 g/mol. The molecule has 1 aliphatic carbocycles. The molecule has 0 aromatic heterocycles. The second-order valence-electron chi connectivity index (χ2n) is 6.86. The minimum Gasteiger partial charge on any atom is -0.383 e. The van der Waals surface area contributed by atoms with E-state index in [1.54, 1.807) is 7.05 Å². The molecule has 0 radical (unpaired) electrons. The normalized spacial score (nSPS) is 26.4. The van der Waals surface area contributed by atoms with Gasteiger partial charge in [-0.15, -0.1) is 0 Å². The molecule has 1 saturated carbocycles. The van der Waals surface area contributed by atoms with E-state index in [2.05, 4.69) is 22.2 Å². The molecule has 2 fully saturated rings. The van der Waals surface area contributed by atoms with Crippen molar-refractivity contribution in [3.05, 3.63) is 29.3 Å². The van der Waals surface area contributed by atoms with Crippen LogP contribution in [0.2, 0.25) is 0 Å². The van der Waals surface area contributed by atoms with Gasteiger partial charge < -0.3 is 16.0 Å². The summed E-state index contributed by atoms with van der Waals surface area (Å²) in [6.07, 6.45) is 3.68. The maximum absolute atomic E-state index is 12.6. The predicted octanol–water partition coefficient (Wildman–Crippen LogP) is 2.87. The van der Waals surface area contributed by atoms with Crippen LogP contribution in [0.4, 0.5) is 10.5 Å². The van der Waals surface area contributed by atoms with Crippen molar-refractivity contribution in [1.82, 2.24) is 4.90 Å². The number of hydrogen-bond acceptors (Lipinski definition) is 2. The molecule has 1 aromatic rings. The number of urea groups is 1. The maximum atomic E-state index is 12.6. The number of hydrogen-bond donors (Lipinski definition) is 2. The van der Waals surface area contributed by atoms with Crippen LogP contribution in [0.25, 0.3) is 0 Å². The second-order valence-corrected chi connectivity index (χ2v) is 6.86. The highest BCUT2D eigenvalue weighted by atomic mass is 16.2. The maximum Gasteiger partial charge on any atom is 0.322 e. The fourth-order valence-electron chi connectivity index (χ4n) is 3.82. The number of likely N-dealkylation sites (tertiary alicyclic amines) is 1. The molecule has 130 valence electrons. The lowest BCUT2D eigenvalue weighted by Gasteiger charge is -2.30. The van der Waals surface area contributed by atoms with Crippen LogP contribution >= 0.6 is 0 Å². The largest absolute Gasteiger partial charge is 0.383 e. The van der Waals surface area contributed by atoms with E-state index in [0.29, 0.717) is 17.8 Å². The Morgan fingerprint density at radius 1 is 1.46 bits per heavy atom. The van der Waals surface area contributed by atoms with E-state index in [1.165, 1.54) is 6.34 Å². The molecule has 3 N–H and O–H groups in total. The van der Waals surface area contributed by atoms with E-state index in [-0.39, 0.29) is 7.46 Å². The van der Waals surface area contributed by atoms with Crippen LogP contribution in [0.5, 0.6) is 0 Å². The van der Waals surface area contributed by atoms with Crippen molar-refractivity contribution in [1.29, 1.82) is 0 Å². The highest BCUT2D eigenvalue weighted by Gasteiger charge is 2.44. The Hall–Kier alpha value is -2.37. The summed E-state index contributed by atoms with van der Waals surface area (Å²) in [6.45, 7) is 5.12. The van der Waals surface area contributed by atoms with Gasteiger partial charge in [-0.3, -0.25) is 4.99 Å². The van der Waals surface area contributed by atoms with Crippen LogP contribution < -0.4 is 11.1 Å². The second kappa shape index (κ2) is 6.63. The molecule has 6 heteroatoms. The molecule has 24 heavy (non-hydrogen) atoms. The number of carbonyl (C=O) groups excluding carboxylic acids is 1. The summed E-state index contributed by atoms with van der Waals surface area (Å²) in [5, 5.41) is 3.00. The molecular formula is C18H27N5O. The van der Waals surface area contributed by atoms with Crippen LogP contribution in [0.3, 0.4) is 0 Å². The van der Waals surface area contributed by atoms with Gasteiger partial charge in [0.05, 0.1) is 0 Å². The monoisotopic (exact) mass is 329 g/mol. The zero-order valence-electron chi connectivity index (χ0n) is 14.5. The zero-order valence-corrected chi connectivity index (χ0v) is 14.5. The summed E-state index contributed by atoms with van der Waals surface area (Å²) in [7, 11) is 1.64. The number of amides is 2. The number of amidine groups is 1. The Bertz CT molecular complexity index is 701. The smallest absolute Gasteiger partial charge is 0.322 e. The minimum absolute atomic E-state index is 0. The Kier molecular flexibility index (Phi) is 4.55. The SMILES string of the molecule is CN=CN=C(N)c1cc(NC(=O)N2CC3CC2CC3C)ccc1C.[HH]. The molecule has 1 saturated heterocycles. The van der Waals surface area contributed by atoms with Gasteiger partial charge in [0.15, 0.2) is 0 Å². The number of aryl methyl sites for hydroxylation is 1. The van der Waals surface area contributed by atoms with Gasteiger partial charge in [0, 0.05) is 32.3 Å². The van der Waals surface area contributed by atoms with Crippen molar-refractivity contribution in [2.45, 2.75) is 32.7 Å². The fourth-order valence-corrected chi connectivity index (χ4v) is 3.82. The third-order valence-electron chi connectivity index (χ3n) is 5.23. The molecule has 1 aromatic carbocycles. The van der Waals surface area contributed by atoms with Crippen LogP contribution in [0.1, 0.15) is 32.3 Å². The van der Waals surface area contributed by atoms with Gasteiger partial charge in [-0.25, -0.2) is 9.79 Å². The highest BCUT2D eigenvalue weighted by Crippen LogP contribution is 2.41. The molecule has 2 bridgehead atoms. The number of benzene rings is 1. The fraction of sp³-hybridized carbons (Fsp3) is 0.500. The number of nitrogens with one attached hydrogen (secondary N) is 1. The topological polar surface area (TPSA) is 83.1 Å². The number of nitrogens with two attached hydrogens (primary N) is 1. The Labute approximate surface area is 144 Å². The quantitative estimate of drug-likeness (QED) is 0.660. The van der Waals surface area contributed by atoms with E-state index >= 15 is 0 Å². The Balaban J connectivity index is 0.00000225. The van der Waals surface area contributed by atoms with E-state index in [1.807, 2.05) is 30.0 Å². The molecule has 3 atom stereocenters. The summed E-state index contributed by atoms with van der Waals surface area (Å²) in [4.78, 5) is 22.5. The van der Waals surface area contributed by atoms with Gasteiger partial charge in [-0.2, -0.15) is 0 Å². The van der Waals surface area contributed by atoms with Gasteiger partial charge >= 0.3 is 6.03 Å². The predicted molar refractivity (Wildman–Crippen MR) is 99.8 cm³/mol. The van der Waals surface area contributed by atoms with Gasteiger partial charge in [0.2, 0.25) is 0 Å². The number of rotatable bonds is 3. The summed E-state index contributed by atoms with van der Waals surface area (Å²) in [6, 6.07) is 6.08. The molecule has 3 rings (SSSR count). The van der Waals surface area contributed by atoms with Gasteiger partial charge in [-0.1, -0.05) is 13.0 Å². The molecule has 6 nitrogen and oxygen atoms in total. The molecule has 3 unspecified atom stereocenters. The molecule has 0 spiro atoms. The number of carbonyl (C=O) groups is 1. The first-order valence-corrected chi connectivity index (χ1v) is 8.42. The van der Waals surface area contributed by atoms with Gasteiger partial charge in [0.1, 0.15) is 12.2 Å². The standard InChI is InChI=1S/C18H25N5O.H2/c1-11-4-5-14(8-16(11)17(19)21-10-20-3)22-18(24)23-9-13-7-15(23)6-12(13)2;/h4-5,8,10,12-13,15H,6-7,9H2,1-3H3,(H,22,24)(H2,19,20,21);1H. The minimum atomic E-state index is -0.0187. The van der Waals surface area contributed by atoms with Crippen LogP contribution in [-0.4, -0.2) is 42.7 Å². The van der Waals surface area contributed by atoms with Gasteiger partial charge in [0.25, 0.3) is 0 Å². The number of fused-ring (bicyclic) bond motifs is 2. The van der Waals surface area contributed by atoms with Crippen molar-refractivity contribution in [3.8, 4) is 0 Å². The number of aliphatic imine (C=N–C) groups is 2. The lowest BCUT2D eigenvalue weighted by atomic mass is 9.97. The van der Waals surface area contributed by atoms with Crippen molar-refractivity contribution >= 4 is 23.9 Å². The lowest BCUT2D eigenvalue weighted by molar-refractivity contribution is 0.181. The molecule has 2 amide bonds. The molecule has 2 aliphatic rings. The average Bonchev–Trinajstić information content (AvgIpc) is 3.13. The molecule has 1 aliphatic heterocycles. The Morgan fingerprint density at radius 3 is 2.88 bits per heavy atom. The van der Waals surface area contributed by atoms with Crippen molar-refractivity contribution in [2.24, 2.45) is 27.6 Å². The number of anilines is 1.